The van der Waals surface area contributed by atoms with Gasteiger partial charge in [-0.25, -0.2) is 10.1 Å². The van der Waals surface area contributed by atoms with Gasteiger partial charge in [0.15, 0.2) is 12.4 Å². The van der Waals surface area contributed by atoms with E-state index in [0.29, 0.717) is 17.6 Å². The van der Waals surface area contributed by atoms with Gasteiger partial charge in [-0.2, -0.15) is 0 Å². The van der Waals surface area contributed by atoms with Crippen LogP contribution in [0.2, 0.25) is 0 Å². The van der Waals surface area contributed by atoms with E-state index in [1.54, 1.807) is 24.3 Å². The number of β-lactam (4-membered cyclic amide) rings is 1. The van der Waals surface area contributed by atoms with Crippen molar-refractivity contribution < 1.29 is 38.1 Å². The molecule has 0 spiro atoms. The molecule has 5 rings (SSSR count). The molecule has 3 aliphatic heterocycles. The number of benzene rings is 1. The monoisotopic (exact) mass is 636 g/mol. The van der Waals surface area contributed by atoms with Crippen LogP contribution in [-0.2, 0) is 39.8 Å². The first-order valence-electron chi connectivity index (χ1n) is 11.9. The van der Waals surface area contributed by atoms with E-state index in [1.165, 1.54) is 49.1 Å². The highest BCUT2D eigenvalue weighted by Gasteiger charge is 2.74. The highest BCUT2D eigenvalue weighted by Crippen LogP contribution is 2.57. The summed E-state index contributed by atoms with van der Waals surface area (Å²) in [5.41, 5.74) is -2.00. The van der Waals surface area contributed by atoms with Gasteiger partial charge in [0.25, 0.3) is 5.91 Å². The Morgan fingerprint density at radius 3 is 2.46 bits per heavy atom. The minimum Gasteiger partial charge on any atom is -0.461 e. The van der Waals surface area contributed by atoms with Gasteiger partial charge in [0.1, 0.15) is 23.4 Å². The number of Topliss-reactive ketones (excluding diaryl/α,β-unsaturated/α-hetero) is 1. The van der Waals surface area contributed by atoms with Crippen molar-refractivity contribution in [2.75, 3.05) is 27.4 Å². The predicted octanol–water partition coefficient (Wildman–Crippen LogP) is 2.87. The van der Waals surface area contributed by atoms with E-state index in [2.05, 4.69) is 21.2 Å². The number of halogens is 1. The Hall–Kier alpha value is -2.55. The zero-order valence-electron chi connectivity index (χ0n) is 21.2. The largest absolute Gasteiger partial charge is 0.461 e. The quantitative estimate of drug-likeness (QED) is 0.237. The molecule has 1 aromatic heterocycles. The van der Waals surface area contributed by atoms with Crippen molar-refractivity contribution in [3.05, 3.63) is 68.0 Å². The molecule has 206 valence electrons. The molecule has 1 amide bonds. The van der Waals surface area contributed by atoms with Crippen LogP contribution in [0.4, 0.5) is 0 Å². The van der Waals surface area contributed by atoms with Crippen molar-refractivity contribution in [1.29, 1.82) is 0 Å². The summed E-state index contributed by atoms with van der Waals surface area (Å²) in [5, 5.41) is 4.07. The van der Waals surface area contributed by atoms with Gasteiger partial charge in [-0.3, -0.25) is 19.3 Å². The van der Waals surface area contributed by atoms with Crippen molar-refractivity contribution in [3.8, 4) is 0 Å². The van der Waals surface area contributed by atoms with Crippen molar-refractivity contribution in [2.24, 2.45) is 0 Å². The Bertz CT molecular complexity index is 1350. The third-order valence-corrected chi connectivity index (χ3v) is 10.0. The van der Waals surface area contributed by atoms with Gasteiger partial charge < -0.3 is 18.9 Å². The molecule has 2 saturated heterocycles. The first-order chi connectivity index (χ1) is 18.7. The maximum atomic E-state index is 13.7. The normalized spacial score (nSPS) is 27.2. The van der Waals surface area contributed by atoms with Crippen LogP contribution in [0.1, 0.15) is 22.2 Å². The number of hydrogen-bond donors (Lipinski definition) is 1. The van der Waals surface area contributed by atoms with Gasteiger partial charge in [0.05, 0.1) is 5.25 Å². The third kappa shape index (κ3) is 4.74. The molecule has 2 bridgehead atoms. The fourth-order valence-corrected chi connectivity index (χ4v) is 7.89. The molecule has 39 heavy (non-hydrogen) atoms. The summed E-state index contributed by atoms with van der Waals surface area (Å²) in [4.78, 5) is 54.0. The van der Waals surface area contributed by atoms with Crippen LogP contribution in [0.5, 0.6) is 0 Å². The zero-order chi connectivity index (χ0) is 27.9. The fourth-order valence-electron chi connectivity index (χ4n) is 5.01. The minimum atomic E-state index is -1.44. The van der Waals surface area contributed by atoms with E-state index in [-0.39, 0.29) is 12.3 Å². The Kier molecular flexibility index (Phi) is 7.74. The number of nitrogens with one attached hydrogen (secondary N) is 1. The Morgan fingerprint density at radius 2 is 1.85 bits per heavy atom. The van der Waals surface area contributed by atoms with Gasteiger partial charge in [-0.05, 0) is 23.6 Å². The summed E-state index contributed by atoms with van der Waals surface area (Å²) in [6, 6.07) is 10.5. The van der Waals surface area contributed by atoms with Crippen LogP contribution in [0, 0.1) is 0 Å². The second-order valence-electron chi connectivity index (χ2n) is 9.12. The molecular weight excluding hydrogens is 612 g/mol. The van der Waals surface area contributed by atoms with Crippen molar-refractivity contribution in [3.63, 3.8) is 0 Å². The van der Waals surface area contributed by atoms with E-state index in [0.717, 1.165) is 9.35 Å². The van der Waals surface area contributed by atoms with E-state index in [4.69, 9.17) is 18.9 Å². The molecule has 0 saturated carbocycles. The van der Waals surface area contributed by atoms with Crippen LogP contribution in [-0.4, -0.2) is 78.0 Å². The van der Waals surface area contributed by atoms with E-state index < -0.39 is 52.3 Å². The van der Waals surface area contributed by atoms with Crippen LogP contribution in [0.3, 0.4) is 0 Å². The van der Waals surface area contributed by atoms with Crippen molar-refractivity contribution in [1.82, 2.24) is 10.2 Å². The van der Waals surface area contributed by atoms with Gasteiger partial charge in [-0.15, -0.1) is 23.1 Å². The number of esters is 2. The summed E-state index contributed by atoms with van der Waals surface area (Å²) in [6.07, 6.45) is 0.345. The Morgan fingerprint density at radius 1 is 1.10 bits per heavy atom. The second kappa shape index (κ2) is 10.8. The topological polar surface area (TPSA) is 120 Å². The average Bonchev–Trinajstić information content (AvgIpc) is 3.44. The second-order valence-corrected chi connectivity index (χ2v) is 12.3. The van der Waals surface area contributed by atoms with Crippen LogP contribution < -0.4 is 5.32 Å². The molecular formula is C26H25BrN2O8S2. The highest BCUT2D eigenvalue weighted by molar-refractivity contribution is 9.10. The number of carbonyl (C=O) groups excluding carboxylic acids is 4. The Labute approximate surface area is 241 Å². The van der Waals surface area contributed by atoms with E-state index in [9.17, 15) is 19.2 Å². The number of amides is 1. The fraction of sp³-hybridized carbons (Fsp3) is 0.385. The van der Waals surface area contributed by atoms with Gasteiger partial charge >= 0.3 is 11.9 Å². The molecule has 0 aliphatic carbocycles. The number of thioether (sulfide) groups is 1. The minimum absolute atomic E-state index is 0.0691. The maximum absolute atomic E-state index is 13.7. The molecule has 0 radical (unpaired) electrons. The molecule has 4 atom stereocenters. The number of ether oxygens (including phenoxy) is 4. The molecule has 1 aromatic carbocycles. The van der Waals surface area contributed by atoms with Crippen LogP contribution in [0.25, 0.3) is 0 Å². The molecule has 3 aliphatic rings. The maximum Gasteiger partial charge on any atom is 0.355 e. The molecule has 2 aromatic rings. The zero-order valence-corrected chi connectivity index (χ0v) is 24.4. The van der Waals surface area contributed by atoms with Gasteiger partial charge in [0.2, 0.25) is 5.72 Å². The van der Waals surface area contributed by atoms with Crippen LogP contribution in [0.15, 0.2) is 57.5 Å². The number of methoxy groups -OCH3 is 2. The lowest BCUT2D eigenvalue weighted by Gasteiger charge is -2.65. The Balaban J connectivity index is 1.54. The molecule has 10 nitrogen and oxygen atoms in total. The van der Waals surface area contributed by atoms with E-state index >= 15 is 0 Å². The third-order valence-electron chi connectivity index (χ3n) is 6.89. The number of ketones is 1. The lowest BCUT2D eigenvalue weighted by atomic mass is 9.86. The summed E-state index contributed by atoms with van der Waals surface area (Å²) < 4.78 is 23.4. The average molecular weight is 638 g/mol. The van der Waals surface area contributed by atoms with Crippen molar-refractivity contribution >= 4 is 62.7 Å². The van der Waals surface area contributed by atoms with E-state index in [1.807, 2.05) is 17.5 Å². The first kappa shape index (κ1) is 28.0. The number of thiophene rings is 1. The summed E-state index contributed by atoms with van der Waals surface area (Å²) >= 11 is 6.23. The molecule has 4 heterocycles. The lowest BCUT2D eigenvalue weighted by Crippen LogP contribution is -2.88. The molecule has 2 unspecified atom stereocenters. The van der Waals surface area contributed by atoms with Crippen LogP contribution >= 0.6 is 39.0 Å². The number of hydrogen-bond acceptors (Lipinski definition) is 11. The highest BCUT2D eigenvalue weighted by atomic mass is 79.9. The smallest absolute Gasteiger partial charge is 0.355 e. The summed E-state index contributed by atoms with van der Waals surface area (Å²) in [7, 11) is 2.93. The number of fused-ring (bicyclic) bond motifs is 1. The van der Waals surface area contributed by atoms with Crippen molar-refractivity contribution in [2.45, 2.75) is 35.4 Å². The first-order valence-corrected chi connectivity index (χ1v) is 14.5. The molecule has 2 fully saturated rings. The number of rotatable bonds is 10. The molecule has 13 heteroatoms. The summed E-state index contributed by atoms with van der Waals surface area (Å²) in [5.74, 6) is -2.35. The summed E-state index contributed by atoms with van der Waals surface area (Å²) in [6.45, 7) is 0.451. The number of carbonyl (C=O) groups is 4. The SMILES string of the molecule is COC1(Cc2cccs2)N[C@@]2(OC)C(=O)N3C(C(=O)OCC(=O)c4ccc(Br)cc4)=C(COC(C)=O)C1S[C@H]32. The standard InChI is InChI=1S/C26H25BrN2O8S2/c1-14(30)36-12-18-20(22(32)37-13-19(31)15-6-8-16(27)9-7-15)29-23(33)26(35-3)24(29)39-21(18)25(28-26,34-2)11-17-5-4-10-38-17/h4-10,21,24,28H,11-13H2,1-3H3/t21?,24-,25?,26+/m0/s1. The lowest BCUT2D eigenvalue weighted by molar-refractivity contribution is -0.217. The molecule has 1 N–H and O–H groups in total. The van der Waals surface area contributed by atoms with Gasteiger partial charge in [0, 0.05) is 48.1 Å². The predicted molar refractivity (Wildman–Crippen MR) is 146 cm³/mol. The van der Waals surface area contributed by atoms with Gasteiger partial charge in [-0.1, -0.05) is 34.1 Å². The number of nitrogens with zero attached hydrogens (tertiary/aromatic N) is 1.